The number of nitrogens with two attached hydrogens (primary N) is 1. The first-order valence-corrected chi connectivity index (χ1v) is 12.1. The van der Waals surface area contributed by atoms with Crippen molar-refractivity contribution in [2.75, 3.05) is 18.4 Å². The molecule has 14 heteroatoms. The van der Waals surface area contributed by atoms with Gasteiger partial charge in [-0.05, 0) is 49.1 Å². The maximum atomic E-state index is 13.0. The number of pyridine rings is 1. The molecule has 1 amide bonds. The summed E-state index contributed by atoms with van der Waals surface area (Å²) in [6.07, 6.45) is 4.33. The lowest BCUT2D eigenvalue weighted by atomic mass is 10.1. The number of rotatable bonds is 7. The van der Waals surface area contributed by atoms with E-state index in [2.05, 4.69) is 29.1 Å². The van der Waals surface area contributed by atoms with Crippen LogP contribution in [-0.2, 0) is 4.74 Å². The number of nitrogens with zero attached hydrogens (tertiary/aromatic N) is 4. The van der Waals surface area contributed by atoms with Crippen molar-refractivity contribution in [2.24, 2.45) is 10.1 Å². The summed E-state index contributed by atoms with van der Waals surface area (Å²) in [6.45, 7) is 3.64. The number of hydrogen-bond donors (Lipinski definition) is 5. The molecule has 2 aromatic heterocycles. The zero-order chi connectivity index (χ0) is 26.1. The number of imidazole rings is 1. The molecule has 13 nitrogen and oxygen atoms in total. The predicted octanol–water partition coefficient (Wildman–Crippen LogP) is 2.35. The Kier molecular flexibility index (Phi) is 6.58. The number of ether oxygens (including phenoxy) is 2. The van der Waals surface area contributed by atoms with Gasteiger partial charge in [0.15, 0.2) is 11.5 Å². The molecule has 0 aliphatic carbocycles. The number of anilines is 1. The highest BCUT2D eigenvalue weighted by Gasteiger charge is 2.27. The van der Waals surface area contributed by atoms with Crippen LogP contribution >= 0.6 is 11.0 Å². The fourth-order valence-electron chi connectivity index (χ4n) is 3.39. The normalized spacial score (nSPS) is 15.1. The molecule has 1 aliphatic heterocycles. The average molecular weight is 516 g/mol. The van der Waals surface area contributed by atoms with Crippen LogP contribution in [0, 0.1) is 0 Å². The van der Waals surface area contributed by atoms with Gasteiger partial charge in [-0.1, -0.05) is 6.07 Å². The highest BCUT2D eigenvalue weighted by Crippen LogP contribution is 2.46. The lowest BCUT2D eigenvalue weighted by Gasteiger charge is -2.34. The van der Waals surface area contributed by atoms with Crippen molar-refractivity contribution in [3.63, 3.8) is 0 Å². The Bertz CT molecular complexity index is 1350. The molecule has 1 aliphatic rings. The number of nitrogens with one attached hydrogen (secondary N) is 2. The van der Waals surface area contributed by atoms with Gasteiger partial charge in [0.2, 0.25) is 0 Å². The van der Waals surface area contributed by atoms with Crippen LogP contribution in [0.2, 0.25) is 0 Å². The minimum atomic E-state index is -3.41. The number of methoxy groups -OCH3 is 1. The van der Waals surface area contributed by atoms with Crippen LogP contribution in [0.15, 0.2) is 53.5 Å². The maximum absolute atomic E-state index is 13.0. The number of aromatic nitrogens is 3. The summed E-state index contributed by atoms with van der Waals surface area (Å²) >= 11 is 0. The molecule has 1 aromatic carbocycles. The molecular formula is C22H25N7O6S. The second-order valence-corrected chi connectivity index (χ2v) is 9.89. The topological polar surface area (TPSA) is 186 Å². The minimum absolute atomic E-state index is 0.0691. The molecule has 190 valence electrons. The van der Waals surface area contributed by atoms with Crippen LogP contribution in [0.1, 0.15) is 40.3 Å². The Hall–Kier alpha value is -4.14. The van der Waals surface area contributed by atoms with E-state index in [9.17, 15) is 18.7 Å². The molecular weight excluding hydrogens is 490 g/mol. The molecule has 36 heavy (non-hydrogen) atoms. The van der Waals surface area contributed by atoms with Gasteiger partial charge in [-0.15, -0.1) is 4.40 Å². The molecule has 0 spiro atoms. The molecule has 0 bridgehead atoms. The Morgan fingerprint density at radius 1 is 1.25 bits per heavy atom. The van der Waals surface area contributed by atoms with Crippen LogP contribution in [0.4, 0.5) is 5.69 Å². The molecule has 0 fully saturated rings. The number of benzene rings is 1. The lowest BCUT2D eigenvalue weighted by Crippen LogP contribution is -2.48. The quantitative estimate of drug-likeness (QED) is 0.292. The summed E-state index contributed by atoms with van der Waals surface area (Å²) < 4.78 is 37.9. The average Bonchev–Trinajstić information content (AvgIpc) is 3.31. The number of esters is 1. The Morgan fingerprint density at radius 2 is 2.03 bits per heavy atom. The van der Waals surface area contributed by atoms with E-state index >= 15 is 0 Å². The van der Waals surface area contributed by atoms with Gasteiger partial charge < -0.3 is 20.5 Å². The molecule has 3 heterocycles. The highest BCUT2D eigenvalue weighted by atomic mass is 32.3. The SMILES string of the molecule is COC(=O)c1cn(-c2cc(C(=O)NC(C)(C)COc3cccc4c3C(N)=NS(O)(O)N4)ccn2)cn1. The van der Waals surface area contributed by atoms with Gasteiger partial charge in [-0.3, -0.25) is 23.2 Å². The van der Waals surface area contributed by atoms with Crippen molar-refractivity contribution < 1.29 is 28.2 Å². The molecule has 3 aromatic rings. The van der Waals surface area contributed by atoms with Crippen LogP contribution < -0.4 is 20.5 Å². The molecule has 6 N–H and O–H groups in total. The third-order valence-electron chi connectivity index (χ3n) is 5.04. The number of carbonyl (C=O) groups excluding carboxylic acids is 2. The number of hydrogen-bond acceptors (Lipinski definition) is 11. The zero-order valence-corrected chi connectivity index (χ0v) is 20.4. The van der Waals surface area contributed by atoms with Gasteiger partial charge in [0, 0.05) is 18.0 Å². The second-order valence-electron chi connectivity index (χ2n) is 8.46. The summed E-state index contributed by atoms with van der Waals surface area (Å²) in [4.78, 5) is 32.8. The van der Waals surface area contributed by atoms with Gasteiger partial charge in [0.25, 0.3) is 5.91 Å². The van der Waals surface area contributed by atoms with E-state index in [0.29, 0.717) is 28.4 Å². The number of amidine groups is 1. The maximum Gasteiger partial charge on any atom is 0.358 e. The molecule has 0 unspecified atom stereocenters. The van der Waals surface area contributed by atoms with E-state index in [1.807, 2.05) is 0 Å². The van der Waals surface area contributed by atoms with E-state index in [4.69, 9.17) is 10.5 Å². The third-order valence-corrected chi connectivity index (χ3v) is 5.99. The Labute approximate surface area is 208 Å². The fraction of sp³-hybridized carbons (Fsp3) is 0.227. The lowest BCUT2D eigenvalue weighted by molar-refractivity contribution is 0.0594. The van der Waals surface area contributed by atoms with Crippen molar-refractivity contribution in [1.29, 1.82) is 0 Å². The highest BCUT2D eigenvalue weighted by molar-refractivity contribution is 8.24. The summed E-state index contributed by atoms with van der Waals surface area (Å²) in [5, 5.41) is 2.91. The zero-order valence-electron chi connectivity index (χ0n) is 19.6. The van der Waals surface area contributed by atoms with Crippen LogP contribution in [-0.4, -0.2) is 60.6 Å². The van der Waals surface area contributed by atoms with Crippen molar-refractivity contribution in [3.8, 4) is 11.6 Å². The van der Waals surface area contributed by atoms with Crippen molar-refractivity contribution >= 4 is 34.4 Å². The Balaban J connectivity index is 1.45. The summed E-state index contributed by atoms with van der Waals surface area (Å²) in [6, 6.07) is 8.08. The number of carbonyl (C=O) groups is 2. The van der Waals surface area contributed by atoms with Crippen molar-refractivity contribution in [2.45, 2.75) is 19.4 Å². The summed E-state index contributed by atoms with van der Waals surface area (Å²) in [7, 11) is -2.15. The molecule has 4 rings (SSSR count). The monoisotopic (exact) mass is 515 g/mol. The summed E-state index contributed by atoms with van der Waals surface area (Å²) in [5.74, 6) is -0.261. The van der Waals surface area contributed by atoms with Gasteiger partial charge in [0.1, 0.15) is 24.5 Å². The van der Waals surface area contributed by atoms with Crippen LogP contribution in [0.3, 0.4) is 0 Å². The van der Waals surface area contributed by atoms with Crippen molar-refractivity contribution in [3.05, 3.63) is 65.9 Å². The summed E-state index contributed by atoms with van der Waals surface area (Å²) in [5.41, 5.74) is 6.34. The fourth-order valence-corrected chi connectivity index (χ4v) is 4.26. The largest absolute Gasteiger partial charge is 0.490 e. The van der Waals surface area contributed by atoms with Gasteiger partial charge in [-0.2, -0.15) is 0 Å². The molecule has 0 saturated carbocycles. The molecule has 0 atom stereocenters. The molecule has 0 saturated heterocycles. The van der Waals surface area contributed by atoms with Crippen molar-refractivity contribution in [1.82, 2.24) is 19.9 Å². The van der Waals surface area contributed by atoms with E-state index in [0.717, 1.165) is 0 Å². The third kappa shape index (κ3) is 5.40. The number of fused-ring (bicyclic) bond motifs is 1. The minimum Gasteiger partial charge on any atom is -0.490 e. The van der Waals surface area contributed by atoms with Gasteiger partial charge >= 0.3 is 5.97 Å². The first-order chi connectivity index (χ1) is 17.0. The van der Waals surface area contributed by atoms with Gasteiger partial charge in [-0.25, -0.2) is 14.8 Å². The number of amides is 1. The van der Waals surface area contributed by atoms with Crippen LogP contribution in [0.5, 0.6) is 5.75 Å². The van der Waals surface area contributed by atoms with E-state index in [-0.39, 0.29) is 24.0 Å². The predicted molar refractivity (Wildman–Crippen MR) is 133 cm³/mol. The van der Waals surface area contributed by atoms with Gasteiger partial charge in [0.05, 0.1) is 23.9 Å². The first-order valence-electron chi connectivity index (χ1n) is 10.6. The van der Waals surface area contributed by atoms with E-state index in [1.54, 1.807) is 44.2 Å². The molecule has 0 radical (unpaired) electrons. The standard InChI is InChI=1S/C22H25N7O6S/c1-22(2,11-35-16-6-4-5-14-18(16)19(23)28-36(32,33)27-14)26-20(30)13-7-8-24-17(9-13)29-10-15(25-12-29)21(31)34-3/h4-10,12,27,32-33H,11H2,1-3H3,(H2,23,28)(H,26,30). The Morgan fingerprint density at radius 3 is 2.78 bits per heavy atom. The second kappa shape index (κ2) is 9.49. The van der Waals surface area contributed by atoms with E-state index in [1.165, 1.54) is 30.4 Å². The smallest absolute Gasteiger partial charge is 0.358 e. The van der Waals surface area contributed by atoms with Crippen LogP contribution in [0.25, 0.3) is 5.82 Å². The van der Waals surface area contributed by atoms with E-state index < -0.39 is 22.5 Å². The first kappa shape index (κ1) is 25.0.